The molecule has 1 saturated heterocycles. The number of carbonyl (C=O) groups is 3. The van der Waals surface area contributed by atoms with E-state index in [-0.39, 0.29) is 29.2 Å². The van der Waals surface area contributed by atoms with Crippen LogP contribution in [0, 0.1) is 52.8 Å². The lowest BCUT2D eigenvalue weighted by Crippen LogP contribution is -2.44. The fraction of sp³-hybridized carbons (Fsp3) is 0.613. The Balaban J connectivity index is 0.00000129. The number of imidazole rings is 1. The van der Waals surface area contributed by atoms with E-state index in [4.69, 9.17) is 5.73 Å². The third-order valence-corrected chi connectivity index (χ3v) is 10.1. The first-order valence-electron chi connectivity index (χ1n) is 14.5. The molecule has 1 spiro atoms. The average Bonchev–Trinajstić information content (AvgIpc) is 3.77. The molecule has 7 nitrogen and oxygen atoms in total. The zero-order valence-corrected chi connectivity index (χ0v) is 22.5. The van der Waals surface area contributed by atoms with Gasteiger partial charge in [0.05, 0.1) is 5.92 Å². The van der Waals surface area contributed by atoms with Gasteiger partial charge >= 0.3 is 0 Å². The van der Waals surface area contributed by atoms with Crippen LogP contribution in [0.25, 0.3) is 5.65 Å². The Labute approximate surface area is 224 Å². The lowest BCUT2D eigenvalue weighted by Gasteiger charge is -2.30. The predicted octanol–water partition coefficient (Wildman–Crippen LogP) is 4.35. The number of Topliss-reactive ketones (excluding diaryl/α,β-unsaturated/α-hetero) is 1. The highest BCUT2D eigenvalue weighted by atomic mass is 16.2. The van der Waals surface area contributed by atoms with Crippen LogP contribution in [0.15, 0.2) is 24.4 Å². The number of rotatable bonds is 4. The summed E-state index contributed by atoms with van der Waals surface area (Å²) in [6.07, 6.45) is 10.8. The van der Waals surface area contributed by atoms with Crippen LogP contribution < -0.4 is 5.73 Å². The molecule has 1 aliphatic heterocycles. The molecule has 7 atom stereocenters. The predicted molar refractivity (Wildman–Crippen MR) is 144 cm³/mol. The van der Waals surface area contributed by atoms with Crippen LogP contribution in [0.2, 0.25) is 0 Å². The van der Waals surface area contributed by atoms with Gasteiger partial charge in [0.15, 0.2) is 0 Å². The van der Waals surface area contributed by atoms with Crippen molar-refractivity contribution in [3.05, 3.63) is 35.8 Å². The SMILES string of the molecule is CC.NC(=O)C1CCCN(C(=O)c2cn3c(C(=O)C#CC[C@@H]4CC5C[C@@H]5C56CC4CC5C6)cccc3n2)C1. The van der Waals surface area contributed by atoms with Crippen molar-refractivity contribution in [3.8, 4) is 11.8 Å². The quantitative estimate of drug-likeness (QED) is 0.373. The lowest BCUT2D eigenvalue weighted by molar-refractivity contribution is -0.123. The van der Waals surface area contributed by atoms with Crippen LogP contribution in [-0.2, 0) is 4.79 Å². The summed E-state index contributed by atoms with van der Waals surface area (Å²) < 4.78 is 1.66. The Morgan fingerprint density at radius 2 is 1.97 bits per heavy atom. The summed E-state index contributed by atoms with van der Waals surface area (Å²) in [5.74, 6) is 9.28. The Morgan fingerprint density at radius 1 is 1.13 bits per heavy atom. The van der Waals surface area contributed by atoms with Gasteiger partial charge in [-0.3, -0.25) is 18.8 Å². The number of carbonyl (C=O) groups excluding carboxylic acids is 3. The Bertz CT molecular complexity index is 1350. The van der Waals surface area contributed by atoms with Crippen molar-refractivity contribution in [1.82, 2.24) is 14.3 Å². The highest BCUT2D eigenvalue weighted by molar-refractivity contribution is 6.08. The summed E-state index contributed by atoms with van der Waals surface area (Å²) in [5.41, 5.74) is 7.40. The van der Waals surface area contributed by atoms with E-state index in [0.717, 1.165) is 36.5 Å². The molecule has 2 bridgehead atoms. The molecule has 2 amide bonds. The standard InChI is InChI=1S/C29H32N4O3.C2H6/c30-27(35)18-5-3-9-32(15-18)28(36)23-16-33-24(6-2-8-26(33)31-23)25(34)7-1-4-17-10-19-12-22(19)29-13-20(17)11-21(29)14-29;1-2/h2,6,8,16-22H,3-5,9-15H2,(H2,30,35);1-2H3/t17-,18?,19?,20?,21?,22+,29?;/m1./s1. The molecular formula is C31H38N4O3. The van der Waals surface area contributed by atoms with Crippen molar-refractivity contribution in [3.63, 3.8) is 0 Å². The van der Waals surface area contributed by atoms with E-state index >= 15 is 0 Å². The van der Waals surface area contributed by atoms with E-state index in [1.165, 1.54) is 32.1 Å². The third kappa shape index (κ3) is 4.22. The number of aromatic nitrogens is 2. The normalized spacial score (nSPS) is 34.0. The number of ketones is 1. The average molecular weight is 515 g/mol. The number of primary amides is 1. The summed E-state index contributed by atoms with van der Waals surface area (Å²) in [4.78, 5) is 43.9. The van der Waals surface area contributed by atoms with Crippen LogP contribution in [0.3, 0.4) is 0 Å². The van der Waals surface area contributed by atoms with Gasteiger partial charge in [0.25, 0.3) is 11.7 Å². The van der Waals surface area contributed by atoms with Gasteiger partial charge in [0, 0.05) is 25.7 Å². The van der Waals surface area contributed by atoms with Crippen LogP contribution >= 0.6 is 0 Å². The van der Waals surface area contributed by atoms with Crippen LogP contribution in [0.5, 0.6) is 0 Å². The van der Waals surface area contributed by atoms with Gasteiger partial charge < -0.3 is 10.6 Å². The zero-order valence-electron chi connectivity index (χ0n) is 22.5. The first-order valence-corrected chi connectivity index (χ1v) is 14.5. The fourth-order valence-electron chi connectivity index (χ4n) is 8.09. The summed E-state index contributed by atoms with van der Waals surface area (Å²) in [6, 6.07) is 5.29. The van der Waals surface area contributed by atoms with Gasteiger partial charge in [0.1, 0.15) is 17.0 Å². The van der Waals surface area contributed by atoms with Gasteiger partial charge in [-0.1, -0.05) is 25.8 Å². The van der Waals surface area contributed by atoms with Crippen molar-refractivity contribution in [2.75, 3.05) is 13.1 Å². The first-order chi connectivity index (χ1) is 18.4. The Kier molecular flexibility index (Phi) is 6.32. The molecule has 7 heteroatoms. The molecule has 38 heavy (non-hydrogen) atoms. The number of hydrogen-bond donors (Lipinski definition) is 1. The fourth-order valence-corrected chi connectivity index (χ4v) is 8.09. The van der Waals surface area contributed by atoms with Crippen molar-refractivity contribution < 1.29 is 14.4 Å². The molecule has 7 rings (SSSR count). The highest BCUT2D eigenvalue weighted by Gasteiger charge is 2.71. The molecule has 5 fully saturated rings. The van der Waals surface area contributed by atoms with Crippen molar-refractivity contribution in [1.29, 1.82) is 0 Å². The lowest BCUT2D eigenvalue weighted by atomic mass is 9.83. The number of amides is 2. The Hall–Kier alpha value is -3.14. The highest BCUT2D eigenvalue weighted by Crippen LogP contribution is 2.79. The molecule has 0 aromatic carbocycles. The second-order valence-electron chi connectivity index (χ2n) is 12.0. The van der Waals surface area contributed by atoms with Gasteiger partial charge in [-0.2, -0.15) is 0 Å². The van der Waals surface area contributed by atoms with E-state index in [0.29, 0.717) is 42.2 Å². The smallest absolute Gasteiger partial charge is 0.274 e. The summed E-state index contributed by atoms with van der Waals surface area (Å²) in [6.45, 7) is 4.88. The number of pyridine rings is 1. The Morgan fingerprint density at radius 3 is 2.79 bits per heavy atom. The zero-order chi connectivity index (χ0) is 26.6. The van der Waals surface area contributed by atoms with Crippen molar-refractivity contribution in [2.45, 2.75) is 65.2 Å². The van der Waals surface area contributed by atoms with Crippen LogP contribution in [0.1, 0.15) is 86.2 Å². The number of piperidine rings is 1. The number of hydrogen-bond acceptors (Lipinski definition) is 4. The van der Waals surface area contributed by atoms with E-state index in [9.17, 15) is 14.4 Å². The van der Waals surface area contributed by atoms with Crippen molar-refractivity contribution >= 4 is 23.2 Å². The van der Waals surface area contributed by atoms with Crippen LogP contribution in [-0.4, -0.2) is 45.0 Å². The maximum atomic E-state index is 13.1. The molecule has 5 unspecified atom stereocenters. The van der Waals surface area contributed by atoms with Crippen molar-refractivity contribution in [2.24, 2.45) is 46.7 Å². The van der Waals surface area contributed by atoms with E-state index < -0.39 is 0 Å². The molecule has 200 valence electrons. The molecule has 2 aromatic rings. The minimum atomic E-state index is -0.376. The maximum Gasteiger partial charge on any atom is 0.274 e. The molecule has 3 heterocycles. The molecule has 2 aromatic heterocycles. The minimum Gasteiger partial charge on any atom is -0.369 e. The number of nitrogens with two attached hydrogens (primary N) is 1. The van der Waals surface area contributed by atoms with Crippen LogP contribution in [0.4, 0.5) is 0 Å². The molecule has 0 radical (unpaired) electrons. The molecule has 4 aliphatic carbocycles. The molecule has 4 saturated carbocycles. The van der Waals surface area contributed by atoms with E-state index in [1.54, 1.807) is 33.7 Å². The van der Waals surface area contributed by atoms with Gasteiger partial charge in [-0.05, 0) is 98.0 Å². The topological polar surface area (TPSA) is 97.8 Å². The monoisotopic (exact) mass is 514 g/mol. The van der Waals surface area contributed by atoms with Gasteiger partial charge in [0.2, 0.25) is 5.91 Å². The van der Waals surface area contributed by atoms with Gasteiger partial charge in [-0.15, -0.1) is 0 Å². The first kappa shape index (κ1) is 25.2. The third-order valence-electron chi connectivity index (χ3n) is 10.1. The maximum absolute atomic E-state index is 13.1. The largest absolute Gasteiger partial charge is 0.369 e. The molecular weight excluding hydrogens is 476 g/mol. The molecule has 5 aliphatic rings. The second-order valence-corrected chi connectivity index (χ2v) is 12.0. The number of nitrogens with zero attached hydrogens (tertiary/aromatic N) is 3. The molecule has 2 N–H and O–H groups in total. The van der Waals surface area contributed by atoms with E-state index in [2.05, 4.69) is 16.8 Å². The van der Waals surface area contributed by atoms with Gasteiger partial charge in [-0.25, -0.2) is 4.98 Å². The summed E-state index contributed by atoms with van der Waals surface area (Å²) in [5, 5.41) is 0. The summed E-state index contributed by atoms with van der Waals surface area (Å²) >= 11 is 0. The minimum absolute atomic E-state index is 0.242. The number of likely N-dealkylation sites (tertiary alicyclic amines) is 1. The number of fused-ring (bicyclic) bond motifs is 3. The van der Waals surface area contributed by atoms with E-state index in [1.807, 2.05) is 13.8 Å². The summed E-state index contributed by atoms with van der Waals surface area (Å²) in [7, 11) is 0. The second kappa shape index (κ2) is 9.55.